The van der Waals surface area contributed by atoms with Crippen molar-refractivity contribution in [1.29, 1.82) is 0 Å². The van der Waals surface area contributed by atoms with Crippen LogP contribution in [0.5, 0.6) is 5.75 Å². The Bertz CT molecular complexity index is 801. The highest BCUT2D eigenvalue weighted by Crippen LogP contribution is 2.24. The molecule has 1 aliphatic rings. The lowest BCUT2D eigenvalue weighted by atomic mass is 10.1. The Hall–Kier alpha value is -2.74. The van der Waals surface area contributed by atoms with Crippen LogP contribution in [0.1, 0.15) is 5.56 Å². The minimum absolute atomic E-state index is 0.200. The molecule has 1 aliphatic heterocycles. The van der Waals surface area contributed by atoms with Gasteiger partial charge in [-0.05, 0) is 42.8 Å². The highest BCUT2D eigenvalue weighted by molar-refractivity contribution is 5.92. The van der Waals surface area contributed by atoms with Gasteiger partial charge in [0.2, 0.25) is 5.91 Å². The van der Waals surface area contributed by atoms with Crippen molar-refractivity contribution in [3.8, 4) is 5.75 Å². The maximum atomic E-state index is 12.2. The zero-order valence-electron chi connectivity index (χ0n) is 15.5. The monoisotopic (exact) mass is 393 g/mol. The Morgan fingerprint density at radius 3 is 2.29 bits per heavy atom. The van der Waals surface area contributed by atoms with Gasteiger partial charge in [0, 0.05) is 37.6 Å². The van der Waals surface area contributed by atoms with Crippen molar-refractivity contribution in [1.82, 2.24) is 4.90 Å². The molecule has 28 heavy (non-hydrogen) atoms. The van der Waals surface area contributed by atoms with Crippen LogP contribution in [0.15, 0.2) is 48.5 Å². The molecule has 150 valence electrons. The SMILES string of the molecule is Cc1ccccc1N1CCN(CC(=O)Nc2ccc(OC(F)(F)F)cc2)CC1. The quantitative estimate of drug-likeness (QED) is 0.842. The van der Waals surface area contributed by atoms with Crippen LogP contribution in [0, 0.1) is 6.92 Å². The van der Waals surface area contributed by atoms with Gasteiger partial charge in [0.1, 0.15) is 5.75 Å². The summed E-state index contributed by atoms with van der Waals surface area (Å²) in [6.45, 7) is 5.52. The number of ether oxygens (including phenoxy) is 1. The number of rotatable bonds is 5. The highest BCUT2D eigenvalue weighted by atomic mass is 19.4. The number of hydrogen-bond donors (Lipinski definition) is 1. The van der Waals surface area contributed by atoms with E-state index in [1.54, 1.807) is 0 Å². The third-order valence-electron chi connectivity index (χ3n) is 4.57. The number of benzene rings is 2. The predicted octanol–water partition coefficient (Wildman–Crippen LogP) is 3.65. The zero-order valence-corrected chi connectivity index (χ0v) is 15.5. The van der Waals surface area contributed by atoms with E-state index >= 15 is 0 Å². The Kier molecular flexibility index (Phi) is 6.08. The van der Waals surface area contributed by atoms with E-state index < -0.39 is 6.36 Å². The first-order valence-corrected chi connectivity index (χ1v) is 8.99. The topological polar surface area (TPSA) is 44.8 Å². The molecule has 0 spiro atoms. The number of carbonyl (C=O) groups excluding carboxylic acids is 1. The second kappa shape index (κ2) is 8.52. The molecule has 2 aromatic rings. The van der Waals surface area contributed by atoms with Crippen molar-refractivity contribution in [3.63, 3.8) is 0 Å². The molecular formula is C20H22F3N3O2. The molecule has 1 fully saturated rings. The summed E-state index contributed by atoms with van der Waals surface area (Å²) >= 11 is 0. The van der Waals surface area contributed by atoms with Gasteiger partial charge in [0.05, 0.1) is 6.54 Å². The molecule has 1 heterocycles. The number of anilines is 2. The van der Waals surface area contributed by atoms with E-state index in [0.29, 0.717) is 5.69 Å². The lowest BCUT2D eigenvalue weighted by molar-refractivity contribution is -0.274. The number of alkyl halides is 3. The van der Waals surface area contributed by atoms with E-state index in [2.05, 4.69) is 38.9 Å². The van der Waals surface area contributed by atoms with Gasteiger partial charge in [-0.2, -0.15) is 0 Å². The first-order chi connectivity index (χ1) is 13.3. The summed E-state index contributed by atoms with van der Waals surface area (Å²) in [6.07, 6.45) is -4.73. The van der Waals surface area contributed by atoms with Gasteiger partial charge in [0.15, 0.2) is 0 Å². The fraction of sp³-hybridized carbons (Fsp3) is 0.350. The van der Waals surface area contributed by atoms with Gasteiger partial charge in [-0.1, -0.05) is 18.2 Å². The largest absolute Gasteiger partial charge is 0.573 e. The maximum absolute atomic E-state index is 12.2. The summed E-state index contributed by atoms with van der Waals surface area (Å²) in [6, 6.07) is 13.3. The minimum Gasteiger partial charge on any atom is -0.406 e. The number of aryl methyl sites for hydroxylation is 1. The number of piperazine rings is 1. The van der Waals surface area contributed by atoms with E-state index in [0.717, 1.165) is 26.2 Å². The van der Waals surface area contributed by atoms with Crippen LogP contribution in [-0.4, -0.2) is 49.9 Å². The minimum atomic E-state index is -4.73. The first kappa shape index (κ1) is 20.0. The third kappa shape index (κ3) is 5.63. The van der Waals surface area contributed by atoms with Crippen molar-refractivity contribution in [3.05, 3.63) is 54.1 Å². The Morgan fingerprint density at radius 2 is 1.68 bits per heavy atom. The van der Waals surface area contributed by atoms with Crippen LogP contribution in [-0.2, 0) is 4.79 Å². The van der Waals surface area contributed by atoms with Gasteiger partial charge < -0.3 is 15.0 Å². The van der Waals surface area contributed by atoms with E-state index in [1.165, 1.54) is 35.5 Å². The summed E-state index contributed by atoms with van der Waals surface area (Å²) in [5.74, 6) is -0.522. The number of carbonyl (C=O) groups is 1. The lowest BCUT2D eigenvalue weighted by Crippen LogP contribution is -2.48. The maximum Gasteiger partial charge on any atom is 0.573 e. The predicted molar refractivity (Wildman–Crippen MR) is 102 cm³/mol. The van der Waals surface area contributed by atoms with E-state index in [9.17, 15) is 18.0 Å². The normalized spacial score (nSPS) is 15.4. The highest BCUT2D eigenvalue weighted by Gasteiger charge is 2.31. The van der Waals surface area contributed by atoms with Crippen molar-refractivity contribution >= 4 is 17.3 Å². The van der Waals surface area contributed by atoms with Crippen LogP contribution in [0.4, 0.5) is 24.5 Å². The Morgan fingerprint density at radius 1 is 1.04 bits per heavy atom. The molecule has 3 rings (SSSR count). The number of nitrogens with one attached hydrogen (secondary N) is 1. The number of para-hydroxylation sites is 1. The average Bonchev–Trinajstić information content (AvgIpc) is 2.63. The molecular weight excluding hydrogens is 371 g/mol. The number of halogens is 3. The zero-order chi connectivity index (χ0) is 20.1. The van der Waals surface area contributed by atoms with Crippen molar-refractivity contribution in [2.75, 3.05) is 42.9 Å². The van der Waals surface area contributed by atoms with Crippen LogP contribution in [0.25, 0.3) is 0 Å². The summed E-state index contributed by atoms with van der Waals surface area (Å²) in [4.78, 5) is 16.6. The molecule has 0 radical (unpaired) electrons. The number of hydrogen-bond acceptors (Lipinski definition) is 4. The molecule has 0 aliphatic carbocycles. The molecule has 0 bridgehead atoms. The lowest BCUT2D eigenvalue weighted by Gasteiger charge is -2.36. The van der Waals surface area contributed by atoms with Crippen molar-refractivity contribution in [2.24, 2.45) is 0 Å². The smallest absolute Gasteiger partial charge is 0.406 e. The molecule has 1 saturated heterocycles. The van der Waals surface area contributed by atoms with Crippen LogP contribution in [0.3, 0.4) is 0 Å². The molecule has 0 saturated carbocycles. The number of amides is 1. The fourth-order valence-corrected chi connectivity index (χ4v) is 3.21. The van der Waals surface area contributed by atoms with Crippen LogP contribution < -0.4 is 15.0 Å². The standard InChI is InChI=1S/C20H22F3N3O2/c1-15-4-2-3-5-18(15)26-12-10-25(11-13-26)14-19(27)24-16-6-8-17(9-7-16)28-20(21,22)23/h2-9H,10-14H2,1H3,(H,24,27). The van der Waals surface area contributed by atoms with Gasteiger partial charge in [-0.15, -0.1) is 13.2 Å². The van der Waals surface area contributed by atoms with E-state index in [1.807, 2.05) is 12.1 Å². The van der Waals surface area contributed by atoms with Gasteiger partial charge in [-0.3, -0.25) is 9.69 Å². The van der Waals surface area contributed by atoms with Gasteiger partial charge in [0.25, 0.3) is 0 Å². The fourth-order valence-electron chi connectivity index (χ4n) is 3.21. The summed E-state index contributed by atoms with van der Waals surface area (Å²) in [5, 5.41) is 2.70. The summed E-state index contributed by atoms with van der Waals surface area (Å²) in [5.41, 5.74) is 2.87. The molecule has 0 aromatic heterocycles. The second-order valence-electron chi connectivity index (χ2n) is 6.67. The van der Waals surface area contributed by atoms with E-state index in [-0.39, 0.29) is 18.2 Å². The van der Waals surface area contributed by atoms with Crippen molar-refractivity contribution in [2.45, 2.75) is 13.3 Å². The third-order valence-corrected chi connectivity index (χ3v) is 4.57. The van der Waals surface area contributed by atoms with Crippen molar-refractivity contribution < 1.29 is 22.7 Å². The number of nitrogens with zero attached hydrogens (tertiary/aromatic N) is 2. The summed E-state index contributed by atoms with van der Waals surface area (Å²) in [7, 11) is 0. The summed E-state index contributed by atoms with van der Waals surface area (Å²) < 4.78 is 40.3. The average molecular weight is 393 g/mol. The molecule has 0 unspecified atom stereocenters. The Balaban J connectivity index is 1.46. The van der Waals surface area contributed by atoms with Gasteiger partial charge >= 0.3 is 6.36 Å². The molecule has 1 N–H and O–H groups in total. The Labute approximate surface area is 161 Å². The molecule has 5 nitrogen and oxygen atoms in total. The molecule has 1 amide bonds. The first-order valence-electron chi connectivity index (χ1n) is 8.99. The molecule has 2 aromatic carbocycles. The van der Waals surface area contributed by atoms with Gasteiger partial charge in [-0.25, -0.2) is 0 Å². The van der Waals surface area contributed by atoms with E-state index in [4.69, 9.17) is 0 Å². The van der Waals surface area contributed by atoms with Crippen LogP contribution in [0.2, 0.25) is 0 Å². The second-order valence-corrected chi connectivity index (χ2v) is 6.67. The molecule has 0 atom stereocenters. The molecule has 8 heteroatoms. The van der Waals surface area contributed by atoms with Crippen LogP contribution >= 0.6 is 0 Å².